The minimum Gasteiger partial charge on any atom is -0.373 e. The van der Waals surface area contributed by atoms with Crippen molar-refractivity contribution in [1.82, 2.24) is 19.9 Å². The fourth-order valence-electron chi connectivity index (χ4n) is 4.58. The van der Waals surface area contributed by atoms with Crippen LogP contribution in [0.25, 0.3) is 22.2 Å². The van der Waals surface area contributed by atoms with Crippen LogP contribution in [0.15, 0.2) is 60.8 Å². The number of hydrogen-bond donors (Lipinski definition) is 1. The molecule has 1 saturated heterocycles. The highest BCUT2D eigenvalue weighted by Gasteiger charge is 2.30. The van der Waals surface area contributed by atoms with Crippen LogP contribution >= 0.6 is 11.6 Å². The Labute approximate surface area is 217 Å². The lowest BCUT2D eigenvalue weighted by Crippen LogP contribution is -2.45. The highest BCUT2D eigenvalue weighted by molar-refractivity contribution is 6.33. The van der Waals surface area contributed by atoms with E-state index in [0.29, 0.717) is 40.1 Å². The van der Waals surface area contributed by atoms with Crippen molar-refractivity contribution in [2.24, 2.45) is 0 Å². The number of alkyl halides is 3. The quantitative estimate of drug-likeness (QED) is 0.311. The number of hydrogen-bond acceptors (Lipinski definition) is 6. The Morgan fingerprint density at radius 3 is 2.43 bits per heavy atom. The molecule has 2 aromatic heterocycles. The van der Waals surface area contributed by atoms with Crippen LogP contribution in [0.3, 0.4) is 0 Å². The second kappa shape index (κ2) is 10.2. The van der Waals surface area contributed by atoms with E-state index >= 15 is 0 Å². The first kappa shape index (κ1) is 25.4. The van der Waals surface area contributed by atoms with Gasteiger partial charge in [-0.25, -0.2) is 9.97 Å². The monoisotopic (exact) mass is 527 g/mol. The highest BCUT2D eigenvalue weighted by Crippen LogP contribution is 2.33. The van der Waals surface area contributed by atoms with Gasteiger partial charge in [-0.3, -0.25) is 9.88 Å². The summed E-state index contributed by atoms with van der Waals surface area (Å²) in [4.78, 5) is 16.2. The van der Waals surface area contributed by atoms with Crippen LogP contribution in [-0.4, -0.2) is 45.1 Å². The molecule has 1 N–H and O–H groups in total. The van der Waals surface area contributed by atoms with Gasteiger partial charge >= 0.3 is 6.18 Å². The number of aromatic nitrogens is 3. The van der Waals surface area contributed by atoms with Crippen LogP contribution in [0.5, 0.6) is 0 Å². The summed E-state index contributed by atoms with van der Waals surface area (Å²) in [7, 11) is 0. The number of rotatable bonds is 5. The van der Waals surface area contributed by atoms with Gasteiger partial charge < -0.3 is 10.1 Å². The van der Waals surface area contributed by atoms with Crippen molar-refractivity contribution in [3.05, 3.63) is 77.2 Å². The van der Waals surface area contributed by atoms with Crippen LogP contribution in [0.1, 0.15) is 25.2 Å². The largest absolute Gasteiger partial charge is 0.416 e. The van der Waals surface area contributed by atoms with E-state index in [1.807, 2.05) is 32.0 Å². The Hall–Kier alpha value is -3.27. The molecular formula is C27H25ClF3N5O. The maximum Gasteiger partial charge on any atom is 0.416 e. The second-order valence-electron chi connectivity index (χ2n) is 9.21. The molecule has 1 aliphatic heterocycles. The maximum absolute atomic E-state index is 13.0. The van der Waals surface area contributed by atoms with E-state index in [1.165, 1.54) is 12.1 Å². The van der Waals surface area contributed by atoms with Crippen molar-refractivity contribution in [3.8, 4) is 11.3 Å². The van der Waals surface area contributed by atoms with Gasteiger partial charge in [-0.1, -0.05) is 17.7 Å². The summed E-state index contributed by atoms with van der Waals surface area (Å²) in [5, 5.41) is 4.44. The third-order valence-electron chi connectivity index (χ3n) is 6.11. The minimum absolute atomic E-state index is 0.0897. The van der Waals surface area contributed by atoms with E-state index < -0.39 is 11.7 Å². The van der Waals surface area contributed by atoms with Crippen LogP contribution < -0.4 is 5.32 Å². The molecule has 6 nitrogen and oxygen atoms in total. The van der Waals surface area contributed by atoms with Gasteiger partial charge in [0.2, 0.25) is 0 Å². The van der Waals surface area contributed by atoms with E-state index in [1.54, 1.807) is 18.3 Å². The topological polar surface area (TPSA) is 63.2 Å². The molecule has 2 atom stereocenters. The first-order chi connectivity index (χ1) is 17.7. The Morgan fingerprint density at radius 1 is 1.03 bits per heavy atom. The molecule has 37 heavy (non-hydrogen) atoms. The molecule has 10 heteroatoms. The summed E-state index contributed by atoms with van der Waals surface area (Å²) in [5.41, 5.74) is 1.90. The lowest BCUT2D eigenvalue weighted by molar-refractivity contribution is -0.137. The molecule has 0 aliphatic carbocycles. The minimum atomic E-state index is -4.40. The van der Waals surface area contributed by atoms with Gasteiger partial charge in [0.05, 0.1) is 40.5 Å². The fourth-order valence-corrected chi connectivity index (χ4v) is 4.81. The number of ether oxygens (including phenoxy) is 1. The predicted molar refractivity (Wildman–Crippen MR) is 138 cm³/mol. The average molecular weight is 528 g/mol. The molecule has 192 valence electrons. The van der Waals surface area contributed by atoms with Crippen molar-refractivity contribution in [1.29, 1.82) is 0 Å². The predicted octanol–water partition coefficient (Wildman–Crippen LogP) is 6.72. The van der Waals surface area contributed by atoms with Crippen molar-refractivity contribution < 1.29 is 17.9 Å². The lowest BCUT2D eigenvalue weighted by Gasteiger charge is -2.34. The van der Waals surface area contributed by atoms with Gasteiger partial charge in [0, 0.05) is 35.9 Å². The molecule has 0 saturated carbocycles. The molecule has 1 fully saturated rings. The Kier molecular flexibility index (Phi) is 7.02. The van der Waals surface area contributed by atoms with Crippen molar-refractivity contribution in [2.75, 3.05) is 18.4 Å². The first-order valence-corrected chi connectivity index (χ1v) is 12.3. The number of fused-ring (bicyclic) bond motifs is 1. The highest BCUT2D eigenvalue weighted by atomic mass is 35.5. The smallest absolute Gasteiger partial charge is 0.373 e. The molecular weight excluding hydrogens is 503 g/mol. The zero-order valence-electron chi connectivity index (χ0n) is 20.3. The maximum atomic E-state index is 13.0. The lowest BCUT2D eigenvalue weighted by atomic mass is 10.1. The molecule has 0 spiro atoms. The third kappa shape index (κ3) is 5.84. The van der Waals surface area contributed by atoms with Gasteiger partial charge in [-0.2, -0.15) is 13.2 Å². The van der Waals surface area contributed by atoms with Crippen LogP contribution in [0.2, 0.25) is 5.02 Å². The van der Waals surface area contributed by atoms with Crippen LogP contribution in [0, 0.1) is 0 Å². The molecule has 4 aromatic rings. The SMILES string of the molecule is CC1CN(Cc2nc(Nc3ccc(C(F)(F)F)cc3)c3ccc(-c4ncccc4Cl)cc3n2)CC(C)O1. The molecule has 1 aliphatic rings. The van der Waals surface area contributed by atoms with Gasteiger partial charge in [-0.05, 0) is 62.4 Å². The number of morpholine rings is 1. The number of nitrogens with one attached hydrogen (secondary N) is 1. The second-order valence-corrected chi connectivity index (χ2v) is 9.61. The normalized spacial score (nSPS) is 18.8. The van der Waals surface area contributed by atoms with Crippen molar-refractivity contribution in [3.63, 3.8) is 0 Å². The van der Waals surface area contributed by atoms with E-state index in [9.17, 15) is 13.2 Å². The molecule has 2 aromatic carbocycles. The Morgan fingerprint density at radius 2 is 1.76 bits per heavy atom. The van der Waals surface area contributed by atoms with E-state index in [0.717, 1.165) is 36.2 Å². The Balaban J connectivity index is 1.54. The summed E-state index contributed by atoms with van der Waals surface area (Å²) in [5.74, 6) is 1.10. The number of halogens is 4. The summed E-state index contributed by atoms with van der Waals surface area (Å²) in [6.07, 6.45) is -2.54. The average Bonchev–Trinajstić information content (AvgIpc) is 2.83. The van der Waals surface area contributed by atoms with Crippen LogP contribution in [-0.2, 0) is 17.5 Å². The third-order valence-corrected chi connectivity index (χ3v) is 6.42. The fraction of sp³-hybridized carbons (Fsp3) is 0.296. The number of pyridine rings is 1. The zero-order chi connectivity index (χ0) is 26.2. The van der Waals surface area contributed by atoms with Gasteiger partial charge in [-0.15, -0.1) is 0 Å². The van der Waals surface area contributed by atoms with Gasteiger partial charge in [0.1, 0.15) is 11.6 Å². The molecule has 3 heterocycles. The van der Waals surface area contributed by atoms with Gasteiger partial charge in [0.15, 0.2) is 0 Å². The molecule has 2 unspecified atom stereocenters. The standard InChI is InChI=1S/C27H25ClF3N5O/c1-16-13-36(14-17(2)37-16)15-24-34-23-12-18(25-22(28)4-3-11-32-25)5-10-21(23)26(35-24)33-20-8-6-19(7-9-20)27(29,30)31/h3-12,16-17H,13-15H2,1-2H3,(H,33,34,35). The molecule has 0 amide bonds. The van der Waals surface area contributed by atoms with Crippen molar-refractivity contribution in [2.45, 2.75) is 38.8 Å². The molecule has 0 bridgehead atoms. The zero-order valence-corrected chi connectivity index (χ0v) is 21.0. The van der Waals surface area contributed by atoms with E-state index in [-0.39, 0.29) is 12.2 Å². The van der Waals surface area contributed by atoms with E-state index in [2.05, 4.69) is 15.2 Å². The summed E-state index contributed by atoms with van der Waals surface area (Å²) < 4.78 is 44.9. The van der Waals surface area contributed by atoms with Gasteiger partial charge in [0.25, 0.3) is 0 Å². The summed E-state index contributed by atoms with van der Waals surface area (Å²) in [6.45, 7) is 6.06. The number of nitrogens with zero attached hydrogens (tertiary/aromatic N) is 4. The Bertz CT molecular complexity index is 1400. The number of benzene rings is 2. The molecule has 0 radical (unpaired) electrons. The van der Waals surface area contributed by atoms with Crippen molar-refractivity contribution >= 4 is 34.0 Å². The summed E-state index contributed by atoms with van der Waals surface area (Å²) in [6, 6.07) is 14.1. The van der Waals surface area contributed by atoms with Crippen LogP contribution in [0.4, 0.5) is 24.7 Å². The van der Waals surface area contributed by atoms with E-state index in [4.69, 9.17) is 26.3 Å². The summed E-state index contributed by atoms with van der Waals surface area (Å²) >= 11 is 6.37. The first-order valence-electron chi connectivity index (χ1n) is 11.9. The molecule has 5 rings (SSSR count). The number of anilines is 2.